The van der Waals surface area contributed by atoms with Crippen molar-refractivity contribution >= 4 is 11.8 Å². The molecule has 0 radical (unpaired) electrons. The minimum Gasteiger partial charge on any atom is -0.491 e. The highest BCUT2D eigenvalue weighted by Crippen LogP contribution is 2.22. The highest BCUT2D eigenvalue weighted by molar-refractivity contribution is 8.02. The predicted octanol–water partition coefficient (Wildman–Crippen LogP) is 2.29. The van der Waals surface area contributed by atoms with Crippen LogP contribution in [0.1, 0.15) is 0 Å². The van der Waals surface area contributed by atoms with Crippen molar-refractivity contribution in [3.05, 3.63) is 36.1 Å². The standard InChI is InChI=1S/C8H9NOS/c1-7(10-2)11-8-5-3-4-6-9-8/h3-6H,1H2,2H3. The Labute approximate surface area is 70.3 Å². The van der Waals surface area contributed by atoms with Crippen LogP contribution in [-0.2, 0) is 4.74 Å². The van der Waals surface area contributed by atoms with Crippen molar-refractivity contribution in [1.82, 2.24) is 4.98 Å². The van der Waals surface area contributed by atoms with Gasteiger partial charge in [0.05, 0.1) is 7.11 Å². The molecule has 0 N–H and O–H groups in total. The third-order valence-electron chi connectivity index (χ3n) is 1.08. The average molecular weight is 167 g/mol. The average Bonchev–Trinajstić information content (AvgIpc) is 2.06. The maximum atomic E-state index is 4.88. The maximum absolute atomic E-state index is 4.88. The van der Waals surface area contributed by atoms with Crippen LogP contribution >= 0.6 is 11.8 Å². The van der Waals surface area contributed by atoms with Crippen LogP contribution in [0.5, 0.6) is 0 Å². The number of thioether (sulfide) groups is 1. The molecule has 58 valence electrons. The Bertz CT molecular complexity index is 235. The van der Waals surface area contributed by atoms with Gasteiger partial charge in [0, 0.05) is 6.20 Å². The fourth-order valence-corrected chi connectivity index (χ4v) is 1.14. The monoisotopic (exact) mass is 167 g/mol. The SMILES string of the molecule is C=C(OC)Sc1ccccn1. The lowest BCUT2D eigenvalue weighted by molar-refractivity contribution is 0.326. The molecule has 0 atom stereocenters. The van der Waals surface area contributed by atoms with Crippen LogP contribution in [0, 0.1) is 0 Å². The van der Waals surface area contributed by atoms with E-state index in [1.165, 1.54) is 11.8 Å². The second-order valence-corrected chi connectivity index (χ2v) is 2.92. The molecule has 0 unspecified atom stereocenters. The normalized spacial score (nSPS) is 9.18. The molecule has 0 bridgehead atoms. The first-order valence-electron chi connectivity index (χ1n) is 3.14. The van der Waals surface area contributed by atoms with Crippen molar-refractivity contribution in [2.45, 2.75) is 5.03 Å². The Morgan fingerprint density at radius 3 is 3.00 bits per heavy atom. The number of ether oxygens (including phenoxy) is 1. The van der Waals surface area contributed by atoms with E-state index in [1.54, 1.807) is 13.3 Å². The smallest absolute Gasteiger partial charge is 0.151 e. The minimum absolute atomic E-state index is 0.656. The summed E-state index contributed by atoms with van der Waals surface area (Å²) in [6.45, 7) is 3.67. The minimum atomic E-state index is 0.656. The first-order valence-corrected chi connectivity index (χ1v) is 3.96. The first-order chi connectivity index (χ1) is 5.33. The fraction of sp³-hybridized carbons (Fsp3) is 0.125. The van der Waals surface area contributed by atoms with Gasteiger partial charge in [-0.05, 0) is 30.5 Å². The third kappa shape index (κ3) is 2.63. The summed E-state index contributed by atoms with van der Waals surface area (Å²) in [4.78, 5) is 4.09. The number of methoxy groups -OCH3 is 1. The topological polar surface area (TPSA) is 22.1 Å². The number of aromatic nitrogens is 1. The summed E-state index contributed by atoms with van der Waals surface area (Å²) in [7, 11) is 1.60. The van der Waals surface area contributed by atoms with Crippen molar-refractivity contribution in [3.8, 4) is 0 Å². The lowest BCUT2D eigenvalue weighted by Gasteiger charge is -2.00. The molecule has 1 heterocycles. The molecule has 1 aromatic rings. The van der Waals surface area contributed by atoms with Crippen LogP contribution in [0.2, 0.25) is 0 Å². The number of hydrogen-bond donors (Lipinski definition) is 0. The van der Waals surface area contributed by atoms with Crippen LogP contribution in [0.15, 0.2) is 41.1 Å². The maximum Gasteiger partial charge on any atom is 0.151 e. The summed E-state index contributed by atoms with van der Waals surface area (Å²) in [6, 6.07) is 5.72. The van der Waals surface area contributed by atoms with Crippen LogP contribution in [0.4, 0.5) is 0 Å². The molecule has 0 spiro atoms. The van der Waals surface area contributed by atoms with Gasteiger partial charge in [-0.25, -0.2) is 4.98 Å². The molecule has 0 aromatic carbocycles. The highest BCUT2D eigenvalue weighted by Gasteiger charge is 1.95. The lowest BCUT2D eigenvalue weighted by Crippen LogP contribution is -1.80. The van der Waals surface area contributed by atoms with E-state index in [0.717, 1.165) is 5.03 Å². The summed E-state index contributed by atoms with van der Waals surface area (Å²) in [6.07, 6.45) is 1.74. The first kappa shape index (κ1) is 8.14. The van der Waals surface area contributed by atoms with Crippen molar-refractivity contribution in [3.63, 3.8) is 0 Å². The predicted molar refractivity (Wildman–Crippen MR) is 46.2 cm³/mol. The quantitative estimate of drug-likeness (QED) is 0.509. The van der Waals surface area contributed by atoms with E-state index >= 15 is 0 Å². The van der Waals surface area contributed by atoms with Gasteiger partial charge in [0.2, 0.25) is 0 Å². The number of hydrogen-bond acceptors (Lipinski definition) is 3. The van der Waals surface area contributed by atoms with Crippen LogP contribution < -0.4 is 0 Å². The van der Waals surface area contributed by atoms with Gasteiger partial charge in [-0.3, -0.25) is 0 Å². The van der Waals surface area contributed by atoms with E-state index in [-0.39, 0.29) is 0 Å². The molecule has 1 aromatic heterocycles. The van der Waals surface area contributed by atoms with Gasteiger partial charge < -0.3 is 4.74 Å². The van der Waals surface area contributed by atoms with Crippen molar-refractivity contribution in [2.24, 2.45) is 0 Å². The van der Waals surface area contributed by atoms with E-state index in [9.17, 15) is 0 Å². The zero-order chi connectivity index (χ0) is 8.10. The van der Waals surface area contributed by atoms with Gasteiger partial charge in [0.1, 0.15) is 5.03 Å². The molecule has 0 aliphatic rings. The Kier molecular flexibility index (Phi) is 2.98. The molecule has 3 heteroatoms. The summed E-state index contributed by atoms with van der Waals surface area (Å²) < 4.78 is 4.88. The highest BCUT2D eigenvalue weighted by atomic mass is 32.2. The molecular weight excluding hydrogens is 158 g/mol. The van der Waals surface area contributed by atoms with Gasteiger partial charge in [0.15, 0.2) is 5.09 Å². The molecule has 0 saturated carbocycles. The Morgan fingerprint density at radius 2 is 2.45 bits per heavy atom. The van der Waals surface area contributed by atoms with Crippen molar-refractivity contribution in [2.75, 3.05) is 7.11 Å². The molecule has 0 fully saturated rings. The fourth-order valence-electron chi connectivity index (χ4n) is 0.566. The zero-order valence-corrected chi connectivity index (χ0v) is 7.10. The third-order valence-corrected chi connectivity index (χ3v) is 1.93. The summed E-state index contributed by atoms with van der Waals surface area (Å²) in [5.41, 5.74) is 0. The molecule has 0 aliphatic heterocycles. The summed E-state index contributed by atoms with van der Waals surface area (Å²) in [5.74, 6) is 0. The second kappa shape index (κ2) is 4.03. The molecule has 0 amide bonds. The molecule has 2 nitrogen and oxygen atoms in total. The molecular formula is C8H9NOS. The zero-order valence-electron chi connectivity index (χ0n) is 6.28. The van der Waals surface area contributed by atoms with Gasteiger partial charge in [-0.1, -0.05) is 6.07 Å². The van der Waals surface area contributed by atoms with Gasteiger partial charge in [-0.15, -0.1) is 0 Å². The van der Waals surface area contributed by atoms with Gasteiger partial charge in [-0.2, -0.15) is 0 Å². The van der Waals surface area contributed by atoms with Crippen LogP contribution in [0.3, 0.4) is 0 Å². The van der Waals surface area contributed by atoms with Crippen molar-refractivity contribution in [1.29, 1.82) is 0 Å². The van der Waals surface area contributed by atoms with Crippen LogP contribution in [-0.4, -0.2) is 12.1 Å². The Hall–Kier alpha value is -0.960. The van der Waals surface area contributed by atoms with E-state index in [4.69, 9.17) is 4.74 Å². The van der Waals surface area contributed by atoms with E-state index in [0.29, 0.717) is 5.09 Å². The Balaban J connectivity index is 2.58. The van der Waals surface area contributed by atoms with E-state index < -0.39 is 0 Å². The number of pyridine rings is 1. The van der Waals surface area contributed by atoms with E-state index in [2.05, 4.69) is 11.6 Å². The molecule has 0 saturated heterocycles. The van der Waals surface area contributed by atoms with Crippen LogP contribution in [0.25, 0.3) is 0 Å². The second-order valence-electron chi connectivity index (χ2n) is 1.85. The van der Waals surface area contributed by atoms with E-state index in [1.807, 2.05) is 18.2 Å². The lowest BCUT2D eigenvalue weighted by atomic mass is 10.5. The summed E-state index contributed by atoms with van der Waals surface area (Å²) in [5, 5.41) is 1.56. The molecule has 11 heavy (non-hydrogen) atoms. The van der Waals surface area contributed by atoms with Gasteiger partial charge in [0.25, 0.3) is 0 Å². The molecule has 0 aliphatic carbocycles. The molecule has 1 rings (SSSR count). The number of nitrogens with zero attached hydrogens (tertiary/aromatic N) is 1. The van der Waals surface area contributed by atoms with Gasteiger partial charge >= 0.3 is 0 Å². The summed E-state index contributed by atoms with van der Waals surface area (Å²) >= 11 is 1.42. The van der Waals surface area contributed by atoms with Crippen molar-refractivity contribution < 1.29 is 4.74 Å². The number of rotatable bonds is 3. The largest absolute Gasteiger partial charge is 0.491 e. The Morgan fingerprint density at radius 1 is 1.64 bits per heavy atom.